The van der Waals surface area contributed by atoms with Gasteiger partial charge < -0.3 is 30.4 Å². The predicted molar refractivity (Wildman–Crippen MR) is 207 cm³/mol. The number of phosphoric ester groups is 1. The molecule has 0 saturated heterocycles. The Morgan fingerprint density at radius 2 is 0.780 bits per heavy atom. The molecule has 0 radical (unpaired) electrons. The molecule has 300 valence electrons. The normalized spacial score (nSPS) is 14.5. The van der Waals surface area contributed by atoms with E-state index in [1.54, 1.807) is 0 Å². The van der Waals surface area contributed by atoms with Gasteiger partial charge in [-0.25, -0.2) is 4.57 Å². The summed E-state index contributed by atoms with van der Waals surface area (Å²) in [6.07, 6.45) is 33.5. The monoisotopic (exact) mass is 736 g/mol. The Balaban J connectivity index is 4.10. The number of carbonyl (C=O) groups excluding carboxylic acids is 1. The zero-order chi connectivity index (χ0) is 37.1. The van der Waals surface area contributed by atoms with Gasteiger partial charge in [0.1, 0.15) is 12.1 Å². The molecule has 50 heavy (non-hydrogen) atoms. The third kappa shape index (κ3) is 33.3. The Morgan fingerprint density at radius 3 is 1.08 bits per heavy atom. The molecule has 9 nitrogen and oxygen atoms in total. The maximum Gasteiger partial charge on any atom is 0.471 e. The van der Waals surface area contributed by atoms with Crippen molar-refractivity contribution in [2.45, 2.75) is 250 Å². The molecule has 1 amide bonds. The molecule has 0 fully saturated rings. The summed E-state index contributed by atoms with van der Waals surface area (Å²) in [5.41, 5.74) is 0. The van der Waals surface area contributed by atoms with Crippen molar-refractivity contribution < 1.29 is 39.0 Å². The summed E-state index contributed by atoms with van der Waals surface area (Å²) in [4.78, 5) is 31.0. The number of carbonyl (C=O) groups is 1. The molecule has 0 aromatic rings. The van der Waals surface area contributed by atoms with E-state index in [2.05, 4.69) is 23.7 Å². The van der Waals surface area contributed by atoms with Gasteiger partial charge >= 0.3 is 7.82 Å². The first-order chi connectivity index (χ1) is 24.1. The van der Waals surface area contributed by atoms with E-state index < -0.39 is 38.3 Å². The van der Waals surface area contributed by atoms with E-state index in [0.717, 1.165) is 38.5 Å². The Labute approximate surface area is 307 Å². The second-order valence-electron chi connectivity index (χ2n) is 14.9. The van der Waals surface area contributed by atoms with Crippen molar-refractivity contribution in [3.63, 3.8) is 0 Å². The van der Waals surface area contributed by atoms with E-state index in [1.807, 2.05) is 0 Å². The zero-order valence-electron chi connectivity index (χ0n) is 32.6. The van der Waals surface area contributed by atoms with Crippen LogP contribution in [0.15, 0.2) is 0 Å². The molecular weight excluding hydrogens is 653 g/mol. The minimum atomic E-state index is -5.07. The number of aliphatic hydroxyl groups is 3. The molecule has 4 atom stereocenters. The average molecular weight is 736 g/mol. The van der Waals surface area contributed by atoms with E-state index in [0.29, 0.717) is 12.8 Å². The maximum atomic E-state index is 12.7. The van der Waals surface area contributed by atoms with Gasteiger partial charge in [0.2, 0.25) is 5.91 Å². The van der Waals surface area contributed by atoms with Crippen LogP contribution in [0, 0.1) is 0 Å². The predicted octanol–water partition coefficient (Wildman–Crippen LogP) is 10.5. The van der Waals surface area contributed by atoms with Crippen molar-refractivity contribution in [3.05, 3.63) is 0 Å². The summed E-state index contributed by atoms with van der Waals surface area (Å²) in [6.45, 7) is 4.50. The molecule has 0 heterocycles. The molecule has 0 bridgehead atoms. The third-order valence-corrected chi connectivity index (χ3v) is 10.5. The van der Waals surface area contributed by atoms with Crippen molar-refractivity contribution in [1.29, 1.82) is 0 Å². The standard InChI is InChI=1S/C40H82NO8P/c1-3-5-7-9-11-13-15-17-18-19-20-21-23-25-27-29-31-33-35-37(43)39(44)41-38(40(45)49-50(46,47)48)36(42)34-32-30-28-26-24-22-16-14-12-10-8-6-4-2/h36-38,40,42-43,45H,3-35H2,1-2H3,(H,41,44)(H2,46,47,48)/t36-,37?,38+,40?/m1/s1. The van der Waals surface area contributed by atoms with Crippen molar-refractivity contribution in [2.24, 2.45) is 0 Å². The molecule has 2 unspecified atom stereocenters. The van der Waals surface area contributed by atoms with Crippen molar-refractivity contribution in [2.75, 3.05) is 0 Å². The van der Waals surface area contributed by atoms with Crippen molar-refractivity contribution >= 4 is 13.7 Å². The number of rotatable bonds is 39. The van der Waals surface area contributed by atoms with E-state index in [4.69, 9.17) is 9.79 Å². The Hall–Kier alpha value is -0.540. The van der Waals surface area contributed by atoms with Gasteiger partial charge in [-0.05, 0) is 12.8 Å². The molecule has 0 saturated carbocycles. The van der Waals surface area contributed by atoms with Gasteiger partial charge in [-0.3, -0.25) is 9.32 Å². The summed E-state index contributed by atoms with van der Waals surface area (Å²) >= 11 is 0. The first-order valence-corrected chi connectivity index (χ1v) is 22.7. The maximum absolute atomic E-state index is 12.7. The SMILES string of the molecule is CCCCCCCCCCCCCCCCCCCCC(O)C(=O)N[C@H](C(O)OP(=O)(O)O)[C@H](O)CCCCCCCCCCCCCCC. The Bertz CT molecular complexity index is 782. The van der Waals surface area contributed by atoms with Crippen LogP contribution >= 0.6 is 7.82 Å². The van der Waals surface area contributed by atoms with Crippen LogP contribution in [0.4, 0.5) is 0 Å². The van der Waals surface area contributed by atoms with E-state index in [9.17, 15) is 24.7 Å². The Kier molecular flexibility index (Phi) is 35.1. The summed E-state index contributed by atoms with van der Waals surface area (Å²) in [7, 11) is -5.07. The smallest absolute Gasteiger partial charge is 0.391 e. The average Bonchev–Trinajstić information content (AvgIpc) is 3.07. The lowest BCUT2D eigenvalue weighted by Crippen LogP contribution is -2.54. The number of hydrogen-bond donors (Lipinski definition) is 6. The molecule has 0 aromatic carbocycles. The van der Waals surface area contributed by atoms with E-state index in [1.165, 1.54) is 148 Å². The molecule has 0 spiro atoms. The van der Waals surface area contributed by atoms with Crippen molar-refractivity contribution in [1.82, 2.24) is 5.32 Å². The lowest BCUT2D eigenvalue weighted by Gasteiger charge is -2.29. The van der Waals surface area contributed by atoms with Crippen LogP contribution < -0.4 is 5.32 Å². The molecule has 0 aromatic heterocycles. The van der Waals surface area contributed by atoms with Crippen LogP contribution in [-0.4, -0.2) is 55.6 Å². The molecule has 0 rings (SSSR count). The lowest BCUT2D eigenvalue weighted by atomic mass is 10.0. The number of aliphatic hydroxyl groups excluding tert-OH is 3. The van der Waals surface area contributed by atoms with Gasteiger partial charge in [-0.2, -0.15) is 0 Å². The number of phosphoric acid groups is 1. The van der Waals surface area contributed by atoms with Gasteiger partial charge in [-0.1, -0.05) is 213 Å². The highest BCUT2D eigenvalue weighted by atomic mass is 31.2. The molecule has 0 aliphatic rings. The minimum absolute atomic E-state index is 0.222. The Morgan fingerprint density at radius 1 is 0.500 bits per heavy atom. The highest BCUT2D eigenvalue weighted by molar-refractivity contribution is 7.46. The number of hydrogen-bond acceptors (Lipinski definition) is 6. The van der Waals surface area contributed by atoms with Crippen LogP contribution in [0.3, 0.4) is 0 Å². The van der Waals surface area contributed by atoms with Gasteiger partial charge in [0, 0.05) is 0 Å². The van der Waals surface area contributed by atoms with E-state index in [-0.39, 0.29) is 12.8 Å². The van der Waals surface area contributed by atoms with Crippen LogP contribution in [-0.2, 0) is 13.9 Å². The quantitative estimate of drug-likeness (QED) is 0.0207. The van der Waals surface area contributed by atoms with Crippen LogP contribution in [0.1, 0.15) is 226 Å². The highest BCUT2D eigenvalue weighted by Gasteiger charge is 2.34. The van der Waals surface area contributed by atoms with Crippen LogP contribution in [0.2, 0.25) is 0 Å². The second-order valence-corrected chi connectivity index (χ2v) is 16.1. The second kappa shape index (κ2) is 35.5. The fraction of sp³-hybridized carbons (Fsp3) is 0.975. The van der Waals surface area contributed by atoms with Gasteiger partial charge in [0.15, 0.2) is 6.29 Å². The van der Waals surface area contributed by atoms with Crippen LogP contribution in [0.25, 0.3) is 0 Å². The summed E-state index contributed by atoms with van der Waals surface area (Å²) in [5.74, 6) is -0.792. The van der Waals surface area contributed by atoms with Gasteiger partial charge in [0.25, 0.3) is 0 Å². The molecule has 6 N–H and O–H groups in total. The molecule has 0 aliphatic carbocycles. The first kappa shape index (κ1) is 49.5. The zero-order valence-corrected chi connectivity index (χ0v) is 33.4. The lowest BCUT2D eigenvalue weighted by molar-refractivity contribution is -0.139. The molecular formula is C40H82NO8P. The number of amides is 1. The van der Waals surface area contributed by atoms with Gasteiger partial charge in [0.05, 0.1) is 6.10 Å². The minimum Gasteiger partial charge on any atom is -0.391 e. The fourth-order valence-electron chi connectivity index (χ4n) is 6.75. The topological polar surface area (TPSA) is 157 Å². The molecule has 10 heteroatoms. The summed E-state index contributed by atoms with van der Waals surface area (Å²) in [6, 6.07) is -1.47. The van der Waals surface area contributed by atoms with E-state index >= 15 is 0 Å². The molecule has 0 aliphatic heterocycles. The van der Waals surface area contributed by atoms with Gasteiger partial charge in [-0.15, -0.1) is 0 Å². The number of unbranched alkanes of at least 4 members (excludes halogenated alkanes) is 29. The largest absolute Gasteiger partial charge is 0.471 e. The number of nitrogens with one attached hydrogen (secondary N) is 1. The summed E-state index contributed by atoms with van der Waals surface area (Å²) < 4.78 is 15.7. The highest BCUT2D eigenvalue weighted by Crippen LogP contribution is 2.38. The third-order valence-electron chi connectivity index (χ3n) is 10.0. The van der Waals surface area contributed by atoms with Crippen LogP contribution in [0.5, 0.6) is 0 Å². The first-order valence-electron chi connectivity index (χ1n) is 21.2. The fourth-order valence-corrected chi connectivity index (χ4v) is 7.16. The van der Waals surface area contributed by atoms with Crippen molar-refractivity contribution in [3.8, 4) is 0 Å². The summed E-state index contributed by atoms with van der Waals surface area (Å²) in [5, 5.41) is 33.9.